The van der Waals surface area contributed by atoms with E-state index in [9.17, 15) is 9.59 Å². The molecule has 0 aliphatic carbocycles. The Morgan fingerprint density at radius 2 is 2.05 bits per heavy atom. The van der Waals surface area contributed by atoms with Crippen LogP contribution in [-0.4, -0.2) is 41.4 Å². The van der Waals surface area contributed by atoms with Gasteiger partial charge < -0.3 is 20.5 Å². The lowest BCUT2D eigenvalue weighted by Gasteiger charge is -2.31. The van der Waals surface area contributed by atoms with E-state index in [1.807, 2.05) is 34.6 Å². The number of aliphatic carboxylic acids is 1. The zero-order valence-corrected chi connectivity index (χ0v) is 13.7. The Hall–Kier alpha value is -1.30. The van der Waals surface area contributed by atoms with Crippen molar-refractivity contribution >= 4 is 12.0 Å². The summed E-state index contributed by atoms with van der Waals surface area (Å²) in [6.45, 7) is 10.6. The predicted molar refractivity (Wildman–Crippen MR) is 80.2 cm³/mol. The molecule has 21 heavy (non-hydrogen) atoms. The Bertz CT molecular complexity index is 392. The molecule has 0 saturated carbocycles. The van der Waals surface area contributed by atoms with Crippen molar-refractivity contribution in [3.8, 4) is 0 Å². The summed E-state index contributed by atoms with van der Waals surface area (Å²) in [5.74, 6) is -0.909. The molecule has 0 spiro atoms. The maximum absolute atomic E-state index is 12.2. The molecular formula is C15H28N2O4. The largest absolute Gasteiger partial charge is 0.481 e. The van der Waals surface area contributed by atoms with Gasteiger partial charge in [-0.25, -0.2) is 4.79 Å². The Morgan fingerprint density at radius 3 is 2.48 bits per heavy atom. The number of carboxylic acid groups (broad SMARTS) is 1. The van der Waals surface area contributed by atoms with Crippen molar-refractivity contribution in [2.75, 3.05) is 6.61 Å². The van der Waals surface area contributed by atoms with E-state index in [0.717, 1.165) is 6.42 Å². The van der Waals surface area contributed by atoms with Gasteiger partial charge in [0.15, 0.2) is 0 Å². The van der Waals surface area contributed by atoms with Crippen molar-refractivity contribution in [1.82, 2.24) is 10.6 Å². The molecule has 6 heteroatoms. The minimum Gasteiger partial charge on any atom is -0.481 e. The summed E-state index contributed by atoms with van der Waals surface area (Å²) in [4.78, 5) is 23.1. The van der Waals surface area contributed by atoms with Gasteiger partial charge in [-0.2, -0.15) is 0 Å². The lowest BCUT2D eigenvalue weighted by molar-refractivity contribution is -0.137. The first-order valence-electron chi connectivity index (χ1n) is 7.44. The molecule has 1 heterocycles. The Kier molecular flexibility index (Phi) is 5.61. The fraction of sp³-hybridized carbons (Fsp3) is 0.867. The fourth-order valence-electron chi connectivity index (χ4n) is 2.60. The number of hydrogen-bond acceptors (Lipinski definition) is 3. The summed E-state index contributed by atoms with van der Waals surface area (Å²) < 4.78 is 5.48. The van der Waals surface area contributed by atoms with Gasteiger partial charge in [0.1, 0.15) is 0 Å². The molecule has 0 aromatic heterocycles. The van der Waals surface area contributed by atoms with Crippen LogP contribution in [0.4, 0.5) is 4.79 Å². The van der Waals surface area contributed by atoms with E-state index in [2.05, 4.69) is 10.6 Å². The van der Waals surface area contributed by atoms with Crippen LogP contribution in [-0.2, 0) is 9.53 Å². The highest BCUT2D eigenvalue weighted by atomic mass is 16.5. The van der Waals surface area contributed by atoms with Crippen LogP contribution < -0.4 is 10.6 Å². The average Bonchev–Trinajstić information content (AvgIpc) is 2.54. The second-order valence-corrected chi connectivity index (χ2v) is 7.34. The van der Waals surface area contributed by atoms with Gasteiger partial charge in [-0.15, -0.1) is 0 Å². The number of ether oxygens (including phenoxy) is 1. The van der Waals surface area contributed by atoms with E-state index in [1.54, 1.807) is 0 Å². The van der Waals surface area contributed by atoms with Crippen LogP contribution in [0.25, 0.3) is 0 Å². The van der Waals surface area contributed by atoms with Crippen molar-refractivity contribution in [1.29, 1.82) is 0 Å². The minimum absolute atomic E-state index is 0.0520. The van der Waals surface area contributed by atoms with Crippen molar-refractivity contribution < 1.29 is 19.4 Å². The van der Waals surface area contributed by atoms with Gasteiger partial charge in [-0.1, -0.05) is 20.8 Å². The van der Waals surface area contributed by atoms with Crippen molar-refractivity contribution in [3.05, 3.63) is 0 Å². The first-order chi connectivity index (χ1) is 9.52. The second-order valence-electron chi connectivity index (χ2n) is 7.34. The molecule has 122 valence electrons. The number of carboxylic acids is 1. The van der Waals surface area contributed by atoms with Gasteiger partial charge in [0.05, 0.1) is 18.1 Å². The van der Waals surface area contributed by atoms with E-state index in [1.165, 1.54) is 0 Å². The molecule has 0 aromatic rings. The molecule has 1 aliphatic heterocycles. The molecule has 1 fully saturated rings. The first kappa shape index (κ1) is 17.8. The van der Waals surface area contributed by atoms with E-state index in [0.29, 0.717) is 13.0 Å². The lowest BCUT2D eigenvalue weighted by atomic mass is 9.87. The SMILES string of the molecule is CC1OCCC1(C)NC(=O)NC(CC(=O)O)CC(C)(C)C. The molecule has 2 amide bonds. The zero-order valence-electron chi connectivity index (χ0n) is 13.7. The van der Waals surface area contributed by atoms with Gasteiger partial charge in [0.25, 0.3) is 0 Å². The maximum atomic E-state index is 12.2. The third kappa shape index (κ3) is 5.91. The second kappa shape index (κ2) is 6.64. The van der Waals surface area contributed by atoms with E-state index in [-0.39, 0.29) is 30.0 Å². The molecule has 1 aliphatic rings. The van der Waals surface area contributed by atoms with Gasteiger partial charge >= 0.3 is 12.0 Å². The van der Waals surface area contributed by atoms with Gasteiger partial charge in [0, 0.05) is 12.6 Å². The van der Waals surface area contributed by atoms with Gasteiger partial charge in [-0.3, -0.25) is 4.79 Å². The van der Waals surface area contributed by atoms with E-state index < -0.39 is 11.5 Å². The number of nitrogens with one attached hydrogen (secondary N) is 2. The minimum atomic E-state index is -0.909. The topological polar surface area (TPSA) is 87.7 Å². The fourth-order valence-corrected chi connectivity index (χ4v) is 2.60. The van der Waals surface area contributed by atoms with Crippen LogP contribution in [0.5, 0.6) is 0 Å². The van der Waals surface area contributed by atoms with Crippen LogP contribution in [0, 0.1) is 5.41 Å². The molecule has 1 rings (SSSR count). The number of carbonyl (C=O) groups is 2. The van der Waals surface area contributed by atoms with E-state index in [4.69, 9.17) is 9.84 Å². The maximum Gasteiger partial charge on any atom is 0.315 e. The van der Waals surface area contributed by atoms with Crippen LogP contribution in [0.1, 0.15) is 53.9 Å². The molecular weight excluding hydrogens is 272 g/mol. The summed E-state index contributed by atoms with van der Waals surface area (Å²) in [5, 5.41) is 14.7. The molecule has 0 bridgehead atoms. The molecule has 1 saturated heterocycles. The van der Waals surface area contributed by atoms with Crippen molar-refractivity contribution in [2.45, 2.75) is 71.6 Å². The smallest absolute Gasteiger partial charge is 0.315 e. The number of urea groups is 1. The summed E-state index contributed by atoms with van der Waals surface area (Å²) in [7, 11) is 0. The van der Waals surface area contributed by atoms with Crippen molar-refractivity contribution in [2.24, 2.45) is 5.41 Å². The predicted octanol–water partition coefficient (Wildman–Crippen LogP) is 2.13. The van der Waals surface area contributed by atoms with Crippen LogP contribution in [0.3, 0.4) is 0 Å². The Balaban J connectivity index is 2.61. The van der Waals surface area contributed by atoms with Crippen LogP contribution >= 0.6 is 0 Å². The monoisotopic (exact) mass is 300 g/mol. The Morgan fingerprint density at radius 1 is 1.43 bits per heavy atom. The molecule has 6 nitrogen and oxygen atoms in total. The zero-order chi connectivity index (χ0) is 16.3. The number of hydrogen-bond donors (Lipinski definition) is 3. The van der Waals surface area contributed by atoms with Crippen molar-refractivity contribution in [3.63, 3.8) is 0 Å². The summed E-state index contributed by atoms with van der Waals surface area (Å²) in [6, 6.07) is -0.714. The molecule has 3 unspecified atom stereocenters. The normalized spacial score (nSPS) is 27.2. The first-order valence-corrected chi connectivity index (χ1v) is 7.44. The summed E-state index contributed by atoms with van der Waals surface area (Å²) in [5.41, 5.74) is -0.458. The highest BCUT2D eigenvalue weighted by molar-refractivity contribution is 5.76. The summed E-state index contributed by atoms with van der Waals surface area (Å²) in [6.07, 6.45) is 1.23. The average molecular weight is 300 g/mol. The van der Waals surface area contributed by atoms with Gasteiger partial charge in [0.2, 0.25) is 0 Å². The summed E-state index contributed by atoms with van der Waals surface area (Å²) >= 11 is 0. The quantitative estimate of drug-likeness (QED) is 0.726. The number of rotatable bonds is 5. The third-order valence-electron chi connectivity index (χ3n) is 3.90. The lowest BCUT2D eigenvalue weighted by Crippen LogP contribution is -2.56. The molecule has 0 radical (unpaired) electrons. The number of amides is 2. The van der Waals surface area contributed by atoms with Crippen LogP contribution in [0.2, 0.25) is 0 Å². The molecule has 0 aromatic carbocycles. The number of carbonyl (C=O) groups excluding carboxylic acids is 1. The highest BCUT2D eigenvalue weighted by Crippen LogP contribution is 2.25. The molecule has 3 atom stereocenters. The van der Waals surface area contributed by atoms with Crippen LogP contribution in [0.15, 0.2) is 0 Å². The Labute approximate surface area is 126 Å². The third-order valence-corrected chi connectivity index (χ3v) is 3.90. The van der Waals surface area contributed by atoms with Gasteiger partial charge in [-0.05, 0) is 32.1 Å². The molecule has 3 N–H and O–H groups in total. The highest BCUT2D eigenvalue weighted by Gasteiger charge is 2.38. The van der Waals surface area contributed by atoms with E-state index >= 15 is 0 Å². The standard InChI is InChI=1S/C15H28N2O4/c1-10-15(5,6-7-21-10)17-13(20)16-11(8-12(18)19)9-14(2,3)4/h10-11H,6-9H2,1-5H3,(H,18,19)(H2,16,17,20).